The lowest BCUT2D eigenvalue weighted by Crippen LogP contribution is -2.50. The molecule has 1 N–H and O–H groups in total. The van der Waals surface area contributed by atoms with Gasteiger partial charge in [0.15, 0.2) is 10.8 Å². The van der Waals surface area contributed by atoms with Crippen LogP contribution in [0.5, 0.6) is 0 Å². The summed E-state index contributed by atoms with van der Waals surface area (Å²) in [5.74, 6) is -0.182. The molecule has 9 heteroatoms. The van der Waals surface area contributed by atoms with Crippen molar-refractivity contribution in [1.29, 1.82) is 5.26 Å². The van der Waals surface area contributed by atoms with Gasteiger partial charge in [0.25, 0.3) is 0 Å². The average molecular weight is 398 g/mol. The summed E-state index contributed by atoms with van der Waals surface area (Å²) in [6.07, 6.45) is 6.09. The van der Waals surface area contributed by atoms with Crippen LogP contribution in [0, 0.1) is 11.3 Å². The summed E-state index contributed by atoms with van der Waals surface area (Å²) in [5, 5.41) is 21.5. The Morgan fingerprint density at radius 2 is 2.12 bits per heavy atom. The molecule has 0 aliphatic heterocycles. The largest absolute Gasteiger partial charge is 0.337 e. The second kappa shape index (κ2) is 7.40. The molecule has 1 aliphatic carbocycles. The number of nitrogens with zero attached hydrogens (tertiary/aromatic N) is 4. The third-order valence-corrected chi connectivity index (χ3v) is 5.87. The van der Waals surface area contributed by atoms with Gasteiger partial charge in [-0.05, 0) is 25.8 Å². The number of halogens is 2. The van der Waals surface area contributed by atoms with E-state index in [1.54, 1.807) is 23.6 Å². The maximum atomic E-state index is 12.6. The average Bonchev–Trinajstić information content (AvgIpc) is 2.98. The van der Waals surface area contributed by atoms with Crippen LogP contribution >= 0.6 is 35.0 Å². The number of rotatable bonds is 4. The van der Waals surface area contributed by atoms with Crippen molar-refractivity contribution in [2.75, 3.05) is 0 Å². The van der Waals surface area contributed by atoms with Crippen molar-refractivity contribution in [1.82, 2.24) is 19.9 Å². The van der Waals surface area contributed by atoms with Crippen molar-refractivity contribution < 1.29 is 4.79 Å². The predicted octanol–water partition coefficient (Wildman–Crippen LogP) is 3.86. The number of hydrogen-bond acceptors (Lipinski definition) is 5. The van der Waals surface area contributed by atoms with E-state index in [1.165, 1.54) is 11.8 Å². The zero-order chi connectivity index (χ0) is 18.0. The van der Waals surface area contributed by atoms with E-state index >= 15 is 0 Å². The lowest BCUT2D eigenvalue weighted by atomic mass is 9.83. The van der Waals surface area contributed by atoms with E-state index in [9.17, 15) is 10.1 Å². The Bertz CT molecular complexity index is 841. The van der Waals surface area contributed by atoms with E-state index in [-0.39, 0.29) is 5.91 Å². The Labute approximate surface area is 159 Å². The molecule has 1 aliphatic rings. The number of thioether (sulfide) groups is 1. The minimum atomic E-state index is -0.746. The lowest BCUT2D eigenvalue weighted by molar-refractivity contribution is -0.121. The molecule has 2 heterocycles. The molecule has 25 heavy (non-hydrogen) atoms. The highest BCUT2D eigenvalue weighted by Gasteiger charge is 2.35. The molecule has 3 rings (SSSR count). The topological polar surface area (TPSA) is 83.1 Å². The highest BCUT2D eigenvalue weighted by atomic mass is 35.5. The zero-order valence-corrected chi connectivity index (χ0v) is 16.0. The van der Waals surface area contributed by atoms with Gasteiger partial charge in [0.2, 0.25) is 5.91 Å². The molecule has 0 aromatic carbocycles. The zero-order valence-electron chi connectivity index (χ0n) is 13.6. The van der Waals surface area contributed by atoms with Crippen molar-refractivity contribution in [3.8, 4) is 6.07 Å². The number of pyridine rings is 1. The summed E-state index contributed by atoms with van der Waals surface area (Å²) in [5.41, 5.74) is -0.258. The van der Waals surface area contributed by atoms with Crippen LogP contribution in [0.4, 0.5) is 0 Å². The lowest BCUT2D eigenvalue weighted by Gasteiger charge is -2.32. The van der Waals surface area contributed by atoms with Crippen LogP contribution in [-0.2, 0) is 4.79 Å². The van der Waals surface area contributed by atoms with Crippen molar-refractivity contribution in [3.05, 3.63) is 22.3 Å². The minimum absolute atomic E-state index is 0.182. The summed E-state index contributed by atoms with van der Waals surface area (Å²) in [6, 6.07) is 3.89. The Balaban J connectivity index is 1.75. The quantitative estimate of drug-likeness (QED) is 0.791. The van der Waals surface area contributed by atoms with Crippen LogP contribution in [0.15, 0.2) is 17.4 Å². The monoisotopic (exact) mass is 397 g/mol. The number of nitrogens with one attached hydrogen (secondary N) is 1. The first-order valence-electron chi connectivity index (χ1n) is 8.04. The van der Waals surface area contributed by atoms with Crippen LogP contribution in [0.1, 0.15) is 39.0 Å². The smallest absolute Gasteiger partial charge is 0.234 e. The van der Waals surface area contributed by atoms with Gasteiger partial charge in [0.1, 0.15) is 5.54 Å². The third-order valence-electron chi connectivity index (χ3n) is 4.33. The molecule has 0 unspecified atom stereocenters. The van der Waals surface area contributed by atoms with Crippen molar-refractivity contribution >= 4 is 46.5 Å². The number of carbonyl (C=O) groups is 1. The first-order valence-corrected chi connectivity index (χ1v) is 9.67. The van der Waals surface area contributed by atoms with Gasteiger partial charge in [-0.25, -0.2) is 0 Å². The van der Waals surface area contributed by atoms with Crippen LogP contribution in [0.3, 0.4) is 0 Å². The Kier molecular flexibility index (Phi) is 5.42. The first kappa shape index (κ1) is 18.3. The first-order chi connectivity index (χ1) is 11.9. The van der Waals surface area contributed by atoms with Gasteiger partial charge < -0.3 is 5.32 Å². The van der Waals surface area contributed by atoms with Crippen molar-refractivity contribution in [3.63, 3.8) is 0 Å². The second-order valence-electron chi connectivity index (χ2n) is 6.19. The number of hydrogen-bond donors (Lipinski definition) is 1. The molecule has 0 spiro atoms. The number of fused-ring (bicyclic) bond motifs is 1. The van der Waals surface area contributed by atoms with E-state index < -0.39 is 10.8 Å². The standard InChI is InChI=1S/C16H17Cl2N5OS/c1-10(14(24)20-16(9-19)5-3-2-4-6-16)25-15-22-21-13-12(18)7-11(17)8-23(13)15/h7-8,10H,2-6H2,1H3,(H,20,24)/t10-/m1/s1. The molecular formula is C16H17Cl2N5OS. The third kappa shape index (κ3) is 3.86. The molecule has 132 valence electrons. The summed E-state index contributed by atoms with van der Waals surface area (Å²) in [4.78, 5) is 12.6. The van der Waals surface area contributed by atoms with E-state index in [0.717, 1.165) is 19.3 Å². The van der Waals surface area contributed by atoms with Crippen molar-refractivity contribution in [2.24, 2.45) is 0 Å². The fourth-order valence-electron chi connectivity index (χ4n) is 2.95. The van der Waals surface area contributed by atoms with Gasteiger partial charge in [-0.1, -0.05) is 54.2 Å². The normalized spacial score (nSPS) is 17.8. The molecule has 0 saturated heterocycles. The minimum Gasteiger partial charge on any atom is -0.337 e. The number of aromatic nitrogens is 3. The Morgan fingerprint density at radius 1 is 1.40 bits per heavy atom. The highest BCUT2D eigenvalue weighted by molar-refractivity contribution is 8.00. The number of amides is 1. The second-order valence-corrected chi connectivity index (χ2v) is 8.34. The van der Waals surface area contributed by atoms with Crippen molar-refractivity contribution in [2.45, 2.75) is 55.0 Å². The maximum Gasteiger partial charge on any atom is 0.234 e. The molecule has 1 fully saturated rings. The summed E-state index contributed by atoms with van der Waals surface area (Å²) in [7, 11) is 0. The fourth-order valence-corrected chi connectivity index (χ4v) is 4.28. The van der Waals surface area contributed by atoms with Gasteiger partial charge in [-0.2, -0.15) is 5.26 Å². The van der Waals surface area contributed by atoms with E-state index in [2.05, 4.69) is 21.6 Å². The molecule has 0 radical (unpaired) electrons. The van der Waals surface area contributed by atoms with Gasteiger partial charge in [0, 0.05) is 6.20 Å². The van der Waals surface area contributed by atoms with Crippen LogP contribution in [0.25, 0.3) is 5.65 Å². The molecule has 1 amide bonds. The molecule has 2 aromatic heterocycles. The van der Waals surface area contributed by atoms with Crippen LogP contribution in [-0.4, -0.2) is 31.3 Å². The maximum absolute atomic E-state index is 12.6. The highest BCUT2D eigenvalue weighted by Crippen LogP contribution is 2.30. The SMILES string of the molecule is C[C@@H](Sc1nnc2c(Cl)cc(Cl)cn12)C(=O)NC1(C#N)CCCCC1. The Hall–Kier alpha value is -1.49. The van der Waals surface area contributed by atoms with Gasteiger partial charge in [-0.3, -0.25) is 9.20 Å². The van der Waals surface area contributed by atoms with Gasteiger partial charge in [0.05, 0.1) is 21.4 Å². The molecule has 1 atom stereocenters. The summed E-state index contributed by atoms with van der Waals surface area (Å²) < 4.78 is 1.67. The number of carbonyl (C=O) groups excluding carboxylic acids is 1. The molecule has 1 saturated carbocycles. The number of nitriles is 1. The van der Waals surface area contributed by atoms with Crippen LogP contribution < -0.4 is 5.32 Å². The van der Waals surface area contributed by atoms with Gasteiger partial charge >= 0.3 is 0 Å². The Morgan fingerprint density at radius 3 is 2.80 bits per heavy atom. The summed E-state index contributed by atoms with van der Waals surface area (Å²) in [6.45, 7) is 1.78. The van der Waals surface area contributed by atoms with Crippen LogP contribution in [0.2, 0.25) is 10.0 Å². The molecular weight excluding hydrogens is 381 g/mol. The summed E-state index contributed by atoms with van der Waals surface area (Å²) >= 11 is 13.4. The molecule has 6 nitrogen and oxygen atoms in total. The van der Waals surface area contributed by atoms with E-state index in [4.69, 9.17) is 23.2 Å². The molecule has 2 aromatic rings. The van der Waals surface area contributed by atoms with Gasteiger partial charge in [-0.15, -0.1) is 10.2 Å². The molecule has 0 bridgehead atoms. The van der Waals surface area contributed by atoms with E-state index in [1.807, 2.05) is 0 Å². The predicted molar refractivity (Wildman–Crippen MR) is 97.9 cm³/mol. The fraction of sp³-hybridized carbons (Fsp3) is 0.500. The van der Waals surface area contributed by atoms with E-state index in [0.29, 0.717) is 33.7 Å².